The molecule has 8 heteroatoms. The van der Waals surface area contributed by atoms with Crippen LogP contribution in [0.15, 0.2) is 17.0 Å². The summed E-state index contributed by atoms with van der Waals surface area (Å²) in [5.41, 5.74) is 4.89. The van der Waals surface area contributed by atoms with E-state index in [4.69, 9.17) is 20.6 Å². The fourth-order valence-corrected chi connectivity index (χ4v) is 1.92. The van der Waals surface area contributed by atoms with Crippen LogP contribution in [0.4, 0.5) is 5.69 Å². The number of anilines is 1. The molecule has 6 nitrogen and oxygen atoms in total. The monoisotopic (exact) mass is 249 g/mol. The van der Waals surface area contributed by atoms with Crippen LogP contribution in [0.5, 0.6) is 0 Å². The molecule has 1 aromatic carbocycles. The van der Waals surface area contributed by atoms with Gasteiger partial charge in [-0.2, -0.15) is 0 Å². The molecule has 0 radical (unpaired) electrons. The lowest BCUT2D eigenvalue weighted by Gasteiger charge is -2.09. The van der Waals surface area contributed by atoms with Gasteiger partial charge in [-0.1, -0.05) is 0 Å². The van der Waals surface area contributed by atoms with Gasteiger partial charge in [0.1, 0.15) is 0 Å². The number of hydrogen-bond donors (Lipinski definition) is 5. The van der Waals surface area contributed by atoms with Gasteiger partial charge in [-0.25, -0.2) is 4.79 Å². The van der Waals surface area contributed by atoms with Gasteiger partial charge in [0.25, 0.3) is 0 Å². The van der Waals surface area contributed by atoms with Crippen LogP contribution in [0.25, 0.3) is 0 Å². The number of aromatic carboxylic acids is 1. The first-order valence-electron chi connectivity index (χ1n) is 3.65. The first-order valence-corrected chi connectivity index (χ1v) is 5.71. The summed E-state index contributed by atoms with van der Waals surface area (Å²) < 4.78 is 10.9. The highest BCUT2D eigenvalue weighted by atomic mass is 32.1. The van der Waals surface area contributed by atoms with E-state index in [-0.39, 0.29) is 16.1 Å². The van der Waals surface area contributed by atoms with E-state index in [1.54, 1.807) is 0 Å². The topological polar surface area (TPSA) is 121 Å². The number of nitrogen functional groups attached to an aromatic ring is 1. The molecule has 0 saturated heterocycles. The van der Waals surface area contributed by atoms with Crippen molar-refractivity contribution in [2.45, 2.75) is 4.90 Å². The normalized spacial score (nSPS) is 11.4. The minimum absolute atomic E-state index is 0.0215. The predicted octanol–water partition coefficient (Wildman–Crippen LogP) is 0.0587. The maximum Gasteiger partial charge on any atom is 0.356 e. The largest absolute Gasteiger partial charge is 0.478 e. The zero-order chi connectivity index (χ0) is 11.8. The molecule has 1 rings (SSSR count). The number of nitrogens with two attached hydrogens (primary N) is 1. The molecule has 0 aromatic heterocycles. The Morgan fingerprint density at radius 1 is 1.40 bits per heavy atom. The lowest BCUT2D eigenvalue weighted by Crippen LogP contribution is -2.12. The van der Waals surface area contributed by atoms with Gasteiger partial charge in [-0.3, -0.25) is 4.57 Å². The first-order chi connectivity index (χ1) is 6.73. The lowest BCUT2D eigenvalue weighted by atomic mass is 10.2. The molecular weight excluding hydrogens is 241 g/mol. The average Bonchev–Trinajstić information content (AvgIpc) is 2.06. The van der Waals surface area contributed by atoms with Crippen molar-refractivity contribution in [2.75, 3.05) is 5.73 Å². The summed E-state index contributed by atoms with van der Waals surface area (Å²) in [5, 5.41) is 8.30. The third-order valence-electron chi connectivity index (χ3n) is 1.71. The van der Waals surface area contributed by atoms with E-state index in [0.29, 0.717) is 0 Å². The maximum atomic E-state index is 10.9. The number of carboxylic acids is 1. The number of thiol groups is 1. The van der Waals surface area contributed by atoms with Gasteiger partial charge >= 0.3 is 13.6 Å². The number of rotatable bonds is 2. The Bertz CT molecular complexity index is 469. The van der Waals surface area contributed by atoms with Crippen LogP contribution < -0.4 is 11.0 Å². The molecule has 1 aromatic rings. The fourth-order valence-electron chi connectivity index (χ4n) is 0.968. The van der Waals surface area contributed by atoms with Crippen LogP contribution in [0, 0.1) is 0 Å². The number of benzene rings is 1. The summed E-state index contributed by atoms with van der Waals surface area (Å²) in [5.74, 6) is -1.36. The molecule has 5 N–H and O–H groups in total. The molecular formula is C7H8NO5PS. The van der Waals surface area contributed by atoms with Crippen molar-refractivity contribution in [2.24, 2.45) is 0 Å². The third-order valence-corrected chi connectivity index (χ3v) is 3.01. The Hall–Kier alpha value is -1.01. The number of hydrogen-bond acceptors (Lipinski definition) is 4. The summed E-state index contributed by atoms with van der Waals surface area (Å²) in [6.07, 6.45) is 0. The molecule has 0 fully saturated rings. The second-order valence-corrected chi connectivity index (χ2v) is 4.86. The zero-order valence-electron chi connectivity index (χ0n) is 7.28. The van der Waals surface area contributed by atoms with Gasteiger partial charge in [0.2, 0.25) is 0 Å². The Morgan fingerprint density at radius 3 is 2.33 bits per heavy atom. The molecule has 15 heavy (non-hydrogen) atoms. The second-order valence-electron chi connectivity index (χ2n) is 2.78. The maximum absolute atomic E-state index is 10.9. The van der Waals surface area contributed by atoms with Crippen LogP contribution in [-0.2, 0) is 4.57 Å². The summed E-state index contributed by atoms with van der Waals surface area (Å²) in [4.78, 5) is 28.4. The molecule has 0 amide bonds. The van der Waals surface area contributed by atoms with Crippen LogP contribution in [0.2, 0.25) is 0 Å². The van der Waals surface area contributed by atoms with Crippen molar-refractivity contribution in [1.29, 1.82) is 0 Å². The summed E-state index contributed by atoms with van der Waals surface area (Å²) in [6.45, 7) is 0. The fraction of sp³-hybridized carbons (Fsp3) is 0. The van der Waals surface area contributed by atoms with E-state index in [0.717, 1.165) is 12.1 Å². The van der Waals surface area contributed by atoms with Gasteiger partial charge in [0.05, 0.1) is 16.6 Å². The number of carboxylic acid groups (broad SMARTS) is 1. The van der Waals surface area contributed by atoms with Crippen molar-refractivity contribution in [3.63, 3.8) is 0 Å². The molecule has 0 aliphatic heterocycles. The van der Waals surface area contributed by atoms with Crippen molar-refractivity contribution in [1.82, 2.24) is 0 Å². The van der Waals surface area contributed by atoms with Crippen LogP contribution in [-0.4, -0.2) is 20.9 Å². The third kappa shape index (κ3) is 2.51. The molecule has 0 bridgehead atoms. The molecule has 0 spiro atoms. The molecule has 82 valence electrons. The van der Waals surface area contributed by atoms with Gasteiger partial charge in [-0.05, 0) is 12.1 Å². The van der Waals surface area contributed by atoms with Crippen molar-refractivity contribution < 1.29 is 24.3 Å². The van der Waals surface area contributed by atoms with Crippen molar-refractivity contribution in [3.8, 4) is 0 Å². The highest BCUT2D eigenvalue weighted by Gasteiger charge is 2.22. The van der Waals surface area contributed by atoms with Crippen molar-refractivity contribution in [3.05, 3.63) is 17.7 Å². The first kappa shape index (κ1) is 12.1. The second kappa shape index (κ2) is 3.86. The SMILES string of the molecule is Nc1c(S)cc(P(=O)(O)O)cc1C(=O)O. The van der Waals surface area contributed by atoms with Gasteiger partial charge in [0, 0.05) is 4.90 Å². The Balaban J connectivity index is 3.50. The Kier molecular flexibility index (Phi) is 3.11. The highest BCUT2D eigenvalue weighted by Crippen LogP contribution is 2.35. The summed E-state index contributed by atoms with van der Waals surface area (Å²) >= 11 is 3.83. The molecule has 0 aliphatic carbocycles. The average molecular weight is 249 g/mol. The molecule has 0 heterocycles. The quantitative estimate of drug-likeness (QED) is 0.287. The van der Waals surface area contributed by atoms with E-state index in [1.807, 2.05) is 0 Å². The molecule has 0 saturated carbocycles. The van der Waals surface area contributed by atoms with Crippen LogP contribution in [0.3, 0.4) is 0 Å². The van der Waals surface area contributed by atoms with Crippen LogP contribution >= 0.6 is 20.2 Å². The smallest absolute Gasteiger partial charge is 0.356 e. The standard InChI is InChI=1S/C7H8NO5PS/c8-6-4(7(9)10)1-3(2-5(6)15)14(11,12)13/h1-2,15H,8H2,(H,9,10)(H2,11,12,13). The van der Waals surface area contributed by atoms with E-state index in [1.165, 1.54) is 0 Å². The van der Waals surface area contributed by atoms with E-state index in [2.05, 4.69) is 12.6 Å². The lowest BCUT2D eigenvalue weighted by molar-refractivity contribution is 0.0698. The molecule has 0 aliphatic rings. The summed E-state index contributed by atoms with van der Waals surface area (Å²) in [6, 6.07) is 1.89. The highest BCUT2D eigenvalue weighted by molar-refractivity contribution is 7.80. The van der Waals surface area contributed by atoms with E-state index >= 15 is 0 Å². The van der Waals surface area contributed by atoms with Crippen LogP contribution in [0.1, 0.15) is 10.4 Å². The Morgan fingerprint density at radius 2 is 1.93 bits per heavy atom. The van der Waals surface area contributed by atoms with Gasteiger partial charge < -0.3 is 20.6 Å². The molecule has 0 atom stereocenters. The van der Waals surface area contributed by atoms with Gasteiger partial charge in [-0.15, -0.1) is 12.6 Å². The minimum Gasteiger partial charge on any atom is -0.478 e. The number of carbonyl (C=O) groups is 1. The van der Waals surface area contributed by atoms with Crippen molar-refractivity contribution >= 4 is 37.2 Å². The molecule has 0 unspecified atom stereocenters. The van der Waals surface area contributed by atoms with E-state index in [9.17, 15) is 9.36 Å². The van der Waals surface area contributed by atoms with E-state index < -0.39 is 18.9 Å². The summed E-state index contributed by atoms with van der Waals surface area (Å²) in [7, 11) is -4.50. The predicted molar refractivity (Wildman–Crippen MR) is 56.7 cm³/mol. The zero-order valence-corrected chi connectivity index (χ0v) is 9.07. The van der Waals surface area contributed by atoms with Gasteiger partial charge in [0.15, 0.2) is 0 Å². The Labute approximate surface area is 90.3 Å². The minimum atomic E-state index is -4.50.